The summed E-state index contributed by atoms with van der Waals surface area (Å²) < 4.78 is 26.4. The maximum absolute atomic E-state index is 4.86. The van der Waals surface area contributed by atoms with Crippen molar-refractivity contribution < 1.29 is 17.9 Å². The molecule has 0 saturated heterocycles. The van der Waals surface area contributed by atoms with Crippen LogP contribution in [0.3, 0.4) is 0 Å². The lowest BCUT2D eigenvalue weighted by Gasteiger charge is -1.90. The third-order valence-corrected chi connectivity index (χ3v) is 15.9. The lowest BCUT2D eigenvalue weighted by Crippen LogP contribution is -1.91. The minimum Gasteiger partial charge on any atom is -0.449 e. The number of aryl methyl sites for hydroxylation is 35. The molecule has 17 rings (SSSR count). The third kappa shape index (κ3) is 57.5. The van der Waals surface area contributed by atoms with E-state index in [0.717, 1.165) is 112 Å². The first kappa shape index (κ1) is 110. The number of nitrogens with zero attached hydrogens (tertiary/aromatic N) is 35. The van der Waals surface area contributed by atoms with Gasteiger partial charge in [0.1, 0.15) is 45.8 Å². The van der Waals surface area contributed by atoms with Crippen LogP contribution in [0.25, 0.3) is 0 Å². The zero-order chi connectivity index (χ0) is 95.0. The Morgan fingerprint density at radius 3 is 1.09 bits per heavy atom. The van der Waals surface area contributed by atoms with Gasteiger partial charge in [-0.1, -0.05) is 16.4 Å². The fourth-order valence-corrected chi connectivity index (χ4v) is 9.37. The van der Waals surface area contributed by atoms with E-state index in [-0.39, 0.29) is 0 Å². The van der Waals surface area contributed by atoms with Crippen molar-refractivity contribution in [3.63, 3.8) is 0 Å². The molecule has 39 nitrogen and oxygen atoms in total. The number of aromatic nitrogens is 35. The largest absolute Gasteiger partial charge is 0.449 e. The molecule has 0 saturated carbocycles. The van der Waals surface area contributed by atoms with Crippen LogP contribution in [-0.2, 0) is 42.3 Å². The van der Waals surface area contributed by atoms with Gasteiger partial charge in [-0.2, -0.15) is 55.4 Å². The van der Waals surface area contributed by atoms with E-state index in [1.165, 1.54) is 37.0 Å². The predicted octanol–water partition coefficient (Wildman–Crippen LogP) is 14.9. The number of tetrazole rings is 1. The van der Waals surface area contributed by atoms with Crippen LogP contribution in [0.2, 0.25) is 0 Å². The quantitative estimate of drug-likeness (QED) is 0.136. The van der Waals surface area contributed by atoms with Crippen molar-refractivity contribution in [1.82, 2.24) is 175 Å². The fourth-order valence-electron chi connectivity index (χ4n) is 8.10. The molecule has 0 bridgehead atoms. The van der Waals surface area contributed by atoms with Crippen LogP contribution in [0, 0.1) is 208 Å². The molecule has 0 unspecified atom stereocenters. The molecule has 0 amide bonds. The molecule has 0 aliphatic carbocycles. The zero-order valence-electron chi connectivity index (χ0n) is 80.1. The van der Waals surface area contributed by atoms with Crippen LogP contribution in [0.1, 0.15) is 169 Å². The highest BCUT2D eigenvalue weighted by atomic mass is 32.1. The number of pyridine rings is 1. The molecular formula is C85H127N35O4S2. The first-order valence-corrected chi connectivity index (χ1v) is 40.9. The summed E-state index contributed by atoms with van der Waals surface area (Å²) in [6.45, 7) is 57.5. The fraction of sp³-hybridized carbons (Fsp3) is 0.424. The van der Waals surface area contributed by atoms with Crippen molar-refractivity contribution in [3.8, 4) is 0 Å². The molecule has 17 heterocycles. The van der Waals surface area contributed by atoms with Crippen molar-refractivity contribution in [3.05, 3.63) is 286 Å². The van der Waals surface area contributed by atoms with Gasteiger partial charge in [-0.3, -0.25) is 29.0 Å². The standard InChI is InChI=1S/C7H9N.2C6H10N2.3C6H8N2.C5H7N3.C5H8N2.2C5H7NO.C5H7NS.2C4H7N3.2C4H6N2O.C4H6N2S.C3H6N4/c1-6-3-4-7(2)8-5-6;1-5-4-7-8(3)6(5)2;1-5-4-6(2)8(3)7-5;1-5-3-8-6(2)4-7-5;1-5-3-7-6(2)8-4-5;1-5-3-4-6(2)8-7-5;1-4-3-6-5(2)8-7-4;1-5-3-7(2)4-6-5;1-4-3-7-5(2)6-4;1-4-3-5(2)7-6-4;1-4-3-6-5(2)7-4;1-4-5-3-7(2)6-4;1-4-3-5-7(2)6-4;1-3-5-6-4(2)7-3;1-3-5-4(2)7-6-3;1-3-5-6-4(2)7-3;1-3-4-6-7(2)5-3/h3-5H,1-2H3;2*4H,1-3H3;3*3-4H,1-2H3;3H,1-2H3;3-4H,1-2H3;5*3H,1-2H3;4*1-2H3. The van der Waals surface area contributed by atoms with Crippen LogP contribution in [0.4, 0.5) is 0 Å². The first-order valence-electron chi connectivity index (χ1n) is 39.2. The summed E-state index contributed by atoms with van der Waals surface area (Å²) in [7, 11) is 11.2. The Balaban J connectivity index is 0.000000670. The molecule has 0 atom stereocenters. The average molecular weight is 1770 g/mol. The second kappa shape index (κ2) is 61.5. The molecule has 0 aromatic carbocycles. The summed E-state index contributed by atoms with van der Waals surface area (Å²) in [6.07, 6.45) is 23.3. The molecule has 0 aliphatic heterocycles. The van der Waals surface area contributed by atoms with E-state index in [9.17, 15) is 0 Å². The van der Waals surface area contributed by atoms with Gasteiger partial charge < -0.3 is 22.4 Å². The summed E-state index contributed by atoms with van der Waals surface area (Å²) in [5.74, 6) is 7.25. The number of hydrogen-bond acceptors (Lipinski definition) is 35. The van der Waals surface area contributed by atoms with Gasteiger partial charge in [-0.25, -0.2) is 34.9 Å². The topological polar surface area (TPSA) is 456 Å². The Kier molecular flexibility index (Phi) is 53.9. The molecular weight excluding hydrogens is 1640 g/mol. The zero-order valence-corrected chi connectivity index (χ0v) is 81.7. The van der Waals surface area contributed by atoms with Crippen LogP contribution in [0.15, 0.2) is 135 Å². The normalized spacial score (nSPS) is 9.43. The van der Waals surface area contributed by atoms with E-state index >= 15 is 0 Å². The van der Waals surface area contributed by atoms with Crippen LogP contribution in [0.5, 0.6) is 0 Å². The minimum absolute atomic E-state index is 0.623. The third-order valence-electron chi connectivity index (χ3n) is 14.3. The molecule has 41 heteroatoms. The van der Waals surface area contributed by atoms with E-state index in [1.54, 1.807) is 120 Å². The molecule has 17 aromatic rings. The Labute approximate surface area is 747 Å². The lowest BCUT2D eigenvalue weighted by molar-refractivity contribution is 0.389. The number of rotatable bonds is 0. The maximum atomic E-state index is 4.86. The summed E-state index contributed by atoms with van der Waals surface area (Å²) in [5, 5.41) is 71.1. The molecule has 126 heavy (non-hydrogen) atoms. The molecule has 0 radical (unpaired) electrons. The van der Waals surface area contributed by atoms with Gasteiger partial charge in [-0.05, 0) is 226 Å². The summed E-state index contributed by atoms with van der Waals surface area (Å²) >= 11 is 3.35. The van der Waals surface area contributed by atoms with Gasteiger partial charge in [0.05, 0.1) is 93.9 Å². The summed E-state index contributed by atoms with van der Waals surface area (Å²) in [5.41, 5.74) is 16.8. The Morgan fingerprint density at radius 1 is 0.317 bits per heavy atom. The first-order chi connectivity index (χ1) is 59.2. The number of hydrogen-bond donors (Lipinski definition) is 0. The van der Waals surface area contributed by atoms with Crippen molar-refractivity contribution >= 4 is 22.7 Å². The second-order valence-corrected chi connectivity index (χ2v) is 30.5. The molecule has 0 N–H and O–H groups in total. The van der Waals surface area contributed by atoms with Crippen molar-refractivity contribution in [2.45, 2.75) is 208 Å². The highest BCUT2D eigenvalue weighted by molar-refractivity contribution is 7.11. The molecule has 0 aliphatic rings. The van der Waals surface area contributed by atoms with Crippen molar-refractivity contribution in [2.24, 2.45) is 42.3 Å². The monoisotopic (exact) mass is 1770 g/mol. The summed E-state index contributed by atoms with van der Waals surface area (Å²) in [4.78, 5) is 47.9. The van der Waals surface area contributed by atoms with E-state index in [0.29, 0.717) is 29.3 Å². The average Bonchev–Trinajstić information content (AvgIpc) is 1.75. The summed E-state index contributed by atoms with van der Waals surface area (Å²) in [6, 6.07) is 11.9. The Morgan fingerprint density at radius 2 is 0.889 bits per heavy atom. The van der Waals surface area contributed by atoms with E-state index in [2.05, 4.69) is 184 Å². The highest BCUT2D eigenvalue weighted by Crippen LogP contribution is 2.09. The maximum Gasteiger partial charge on any atom is 0.223 e. The molecule has 0 spiro atoms. The van der Waals surface area contributed by atoms with Gasteiger partial charge in [0.2, 0.25) is 17.7 Å². The molecule has 17 aromatic heterocycles. The molecule has 678 valence electrons. The van der Waals surface area contributed by atoms with E-state index < -0.39 is 0 Å². The smallest absolute Gasteiger partial charge is 0.223 e. The van der Waals surface area contributed by atoms with Crippen LogP contribution >= 0.6 is 22.7 Å². The van der Waals surface area contributed by atoms with Crippen LogP contribution < -0.4 is 0 Å². The van der Waals surface area contributed by atoms with Gasteiger partial charge in [0, 0.05) is 134 Å². The van der Waals surface area contributed by atoms with Gasteiger partial charge >= 0.3 is 0 Å². The number of imidazole rings is 1. The van der Waals surface area contributed by atoms with E-state index in [4.69, 9.17) is 13.4 Å². The Bertz CT molecular complexity index is 4410. The minimum atomic E-state index is 0.623. The van der Waals surface area contributed by atoms with E-state index in [1.807, 2.05) is 256 Å². The predicted molar refractivity (Wildman–Crippen MR) is 486 cm³/mol. The lowest BCUT2D eigenvalue weighted by atomic mass is 10.3. The van der Waals surface area contributed by atoms with Crippen LogP contribution in [-0.4, -0.2) is 175 Å². The van der Waals surface area contributed by atoms with Gasteiger partial charge in [0.15, 0.2) is 17.5 Å². The number of oxazole rings is 1. The second-order valence-electron chi connectivity index (χ2n) is 27.7. The van der Waals surface area contributed by atoms with Crippen molar-refractivity contribution in [1.29, 1.82) is 0 Å². The molecule has 0 fully saturated rings. The van der Waals surface area contributed by atoms with Crippen molar-refractivity contribution in [2.75, 3.05) is 0 Å². The van der Waals surface area contributed by atoms with Gasteiger partial charge in [0.25, 0.3) is 0 Å². The van der Waals surface area contributed by atoms with Gasteiger partial charge in [-0.15, -0.1) is 58.4 Å². The highest BCUT2D eigenvalue weighted by Gasteiger charge is 1.98. The Hall–Kier alpha value is -13.7. The number of thiazole rings is 1. The SMILES string of the molecule is Cc1cc(C)n(C)n1.Cc1cc(C)on1.Cc1ccc(C)nc1.Cc1ccc(C)nn1.Cc1cn(C)cn1.Cc1cnc(C)cn1.Cc1cnc(C)nc1.Cc1cnc(C)nn1.Cc1cnc(C)s1.Cc1cnn(C)c1C.Cc1cnn(C)n1.Cc1coc(C)n1.Cc1ncn(C)n1.Cc1nnc(C)o1.Cc1nnc(C)s1.Cc1nnn(C)n1.Cc1noc(C)n1.